The molecule has 0 fully saturated rings. The molecule has 0 radical (unpaired) electrons. The summed E-state index contributed by atoms with van der Waals surface area (Å²) in [4.78, 5) is 11.8. The van der Waals surface area contributed by atoms with Crippen LogP contribution in [-0.4, -0.2) is 27.2 Å². The minimum atomic E-state index is -0.0522. The number of carbonyl (C=O) groups is 1. The highest BCUT2D eigenvalue weighted by molar-refractivity contribution is 5.94. The van der Waals surface area contributed by atoms with Crippen molar-refractivity contribution < 1.29 is 19.0 Å². The van der Waals surface area contributed by atoms with Crippen molar-refractivity contribution in [1.29, 1.82) is 0 Å². The van der Waals surface area contributed by atoms with E-state index in [0.29, 0.717) is 29.4 Å². The summed E-state index contributed by atoms with van der Waals surface area (Å²) in [6.07, 6.45) is 2.31. The van der Waals surface area contributed by atoms with Crippen LogP contribution in [0.2, 0.25) is 0 Å². The number of amides is 1. The van der Waals surface area contributed by atoms with Gasteiger partial charge in [-0.05, 0) is 6.42 Å². The van der Waals surface area contributed by atoms with E-state index in [9.17, 15) is 4.79 Å². The average Bonchev–Trinajstić information content (AvgIpc) is 2.44. The van der Waals surface area contributed by atoms with Crippen LogP contribution in [0.5, 0.6) is 17.2 Å². The topological polar surface area (TPSA) is 56.8 Å². The van der Waals surface area contributed by atoms with Crippen LogP contribution in [0.1, 0.15) is 26.2 Å². The molecule has 19 heavy (non-hydrogen) atoms. The number of anilines is 1. The summed E-state index contributed by atoms with van der Waals surface area (Å²) in [5, 5.41) is 2.82. The van der Waals surface area contributed by atoms with Crippen LogP contribution < -0.4 is 19.5 Å². The van der Waals surface area contributed by atoms with Crippen LogP contribution in [-0.2, 0) is 4.79 Å². The normalized spacial score (nSPS) is 9.89. The molecule has 0 spiro atoms. The Balaban J connectivity index is 3.00. The average molecular weight is 267 g/mol. The number of unbranched alkanes of at least 4 members (excludes halogenated alkanes) is 1. The highest BCUT2D eigenvalue weighted by Crippen LogP contribution is 2.38. The Kier molecular flexibility index (Phi) is 5.99. The van der Waals surface area contributed by atoms with Gasteiger partial charge in [-0.15, -0.1) is 0 Å². The van der Waals surface area contributed by atoms with Crippen molar-refractivity contribution in [3.63, 3.8) is 0 Å². The smallest absolute Gasteiger partial charge is 0.224 e. The number of methoxy groups -OCH3 is 3. The minimum absolute atomic E-state index is 0.0522. The molecule has 5 heteroatoms. The molecule has 0 aliphatic heterocycles. The first-order valence-electron chi connectivity index (χ1n) is 6.26. The zero-order valence-electron chi connectivity index (χ0n) is 11.9. The molecule has 0 aliphatic rings. The van der Waals surface area contributed by atoms with E-state index >= 15 is 0 Å². The van der Waals surface area contributed by atoms with Crippen molar-refractivity contribution in [2.45, 2.75) is 26.2 Å². The fourth-order valence-corrected chi connectivity index (χ4v) is 1.67. The van der Waals surface area contributed by atoms with E-state index in [1.54, 1.807) is 19.2 Å². The van der Waals surface area contributed by atoms with Gasteiger partial charge in [-0.2, -0.15) is 0 Å². The lowest BCUT2D eigenvalue weighted by atomic mass is 10.2. The molecule has 1 amide bonds. The van der Waals surface area contributed by atoms with E-state index in [1.807, 2.05) is 6.92 Å². The first-order valence-corrected chi connectivity index (χ1v) is 6.26. The van der Waals surface area contributed by atoms with Gasteiger partial charge in [0.15, 0.2) is 0 Å². The van der Waals surface area contributed by atoms with Gasteiger partial charge in [0.2, 0.25) is 5.91 Å². The lowest BCUT2D eigenvalue weighted by molar-refractivity contribution is -0.116. The monoisotopic (exact) mass is 267 g/mol. The molecule has 0 unspecified atom stereocenters. The van der Waals surface area contributed by atoms with Gasteiger partial charge in [-0.1, -0.05) is 13.3 Å². The summed E-state index contributed by atoms with van der Waals surface area (Å²) in [6, 6.07) is 3.41. The van der Waals surface area contributed by atoms with E-state index in [-0.39, 0.29) is 5.91 Å². The third kappa shape index (κ3) is 4.05. The maximum absolute atomic E-state index is 11.8. The lowest BCUT2D eigenvalue weighted by Crippen LogP contribution is -2.13. The Morgan fingerprint density at radius 1 is 1.11 bits per heavy atom. The van der Waals surface area contributed by atoms with E-state index in [1.165, 1.54) is 14.2 Å². The molecule has 0 atom stereocenters. The van der Waals surface area contributed by atoms with Crippen molar-refractivity contribution in [3.8, 4) is 17.2 Å². The molecule has 1 N–H and O–H groups in total. The Morgan fingerprint density at radius 2 is 1.68 bits per heavy atom. The molecule has 106 valence electrons. The maximum Gasteiger partial charge on any atom is 0.224 e. The third-order valence-corrected chi connectivity index (χ3v) is 2.74. The SMILES string of the molecule is CCCCC(=O)Nc1c(OC)cc(OC)cc1OC. The van der Waals surface area contributed by atoms with Gasteiger partial charge in [0.25, 0.3) is 0 Å². The summed E-state index contributed by atoms with van der Waals surface area (Å²) in [5.74, 6) is 1.59. The minimum Gasteiger partial charge on any atom is -0.496 e. The quantitative estimate of drug-likeness (QED) is 0.825. The summed E-state index contributed by atoms with van der Waals surface area (Å²) in [6.45, 7) is 2.04. The molecule has 0 saturated heterocycles. The number of hydrogen-bond donors (Lipinski definition) is 1. The number of nitrogens with one attached hydrogen (secondary N) is 1. The van der Waals surface area contributed by atoms with E-state index in [0.717, 1.165) is 12.8 Å². The Morgan fingerprint density at radius 3 is 2.11 bits per heavy atom. The molecule has 0 bridgehead atoms. The van der Waals surface area contributed by atoms with Crippen LogP contribution in [0.4, 0.5) is 5.69 Å². The second-order valence-corrected chi connectivity index (χ2v) is 4.06. The number of hydrogen-bond acceptors (Lipinski definition) is 4. The first-order chi connectivity index (χ1) is 9.15. The molecular formula is C14H21NO4. The molecule has 0 aliphatic carbocycles. The summed E-state index contributed by atoms with van der Waals surface area (Å²) >= 11 is 0. The molecule has 5 nitrogen and oxygen atoms in total. The fourth-order valence-electron chi connectivity index (χ4n) is 1.67. The van der Waals surface area contributed by atoms with Gasteiger partial charge >= 0.3 is 0 Å². The summed E-state index contributed by atoms with van der Waals surface area (Å²) in [5.41, 5.74) is 0.534. The molecule has 1 aromatic rings. The maximum atomic E-state index is 11.8. The fraction of sp³-hybridized carbons (Fsp3) is 0.500. The first kappa shape index (κ1) is 15.1. The van der Waals surface area contributed by atoms with Crippen molar-refractivity contribution in [2.24, 2.45) is 0 Å². The Hall–Kier alpha value is -1.91. The van der Waals surface area contributed by atoms with Crippen LogP contribution in [0, 0.1) is 0 Å². The van der Waals surface area contributed by atoms with Crippen LogP contribution in [0.15, 0.2) is 12.1 Å². The van der Waals surface area contributed by atoms with Gasteiger partial charge in [0, 0.05) is 18.6 Å². The zero-order valence-corrected chi connectivity index (χ0v) is 11.9. The number of ether oxygens (including phenoxy) is 3. The molecule has 0 aromatic heterocycles. The predicted octanol–water partition coefficient (Wildman–Crippen LogP) is 2.84. The number of rotatable bonds is 7. The van der Waals surface area contributed by atoms with Crippen LogP contribution in [0.25, 0.3) is 0 Å². The largest absolute Gasteiger partial charge is 0.496 e. The summed E-state index contributed by atoms with van der Waals surface area (Å²) in [7, 11) is 4.64. The predicted molar refractivity (Wildman–Crippen MR) is 74.3 cm³/mol. The lowest BCUT2D eigenvalue weighted by Gasteiger charge is -2.15. The van der Waals surface area contributed by atoms with Crippen LogP contribution >= 0.6 is 0 Å². The molecule has 0 heterocycles. The second kappa shape index (κ2) is 7.51. The highest BCUT2D eigenvalue weighted by Gasteiger charge is 2.15. The van der Waals surface area contributed by atoms with Crippen molar-refractivity contribution in [3.05, 3.63) is 12.1 Å². The molecule has 0 saturated carbocycles. The van der Waals surface area contributed by atoms with Crippen molar-refractivity contribution in [2.75, 3.05) is 26.6 Å². The van der Waals surface area contributed by atoms with E-state index in [2.05, 4.69) is 5.32 Å². The standard InChI is InChI=1S/C14H21NO4/c1-5-6-7-13(16)15-14-11(18-3)8-10(17-2)9-12(14)19-4/h8-9H,5-7H2,1-4H3,(H,15,16). The molecule has 1 aromatic carbocycles. The van der Waals surface area contributed by atoms with E-state index in [4.69, 9.17) is 14.2 Å². The van der Waals surface area contributed by atoms with Gasteiger partial charge in [0.1, 0.15) is 22.9 Å². The zero-order chi connectivity index (χ0) is 14.3. The molecular weight excluding hydrogens is 246 g/mol. The van der Waals surface area contributed by atoms with Gasteiger partial charge in [-0.3, -0.25) is 4.79 Å². The van der Waals surface area contributed by atoms with Crippen molar-refractivity contribution in [1.82, 2.24) is 0 Å². The Bertz CT molecular complexity index is 406. The summed E-state index contributed by atoms with van der Waals surface area (Å²) < 4.78 is 15.7. The number of benzene rings is 1. The van der Waals surface area contributed by atoms with E-state index < -0.39 is 0 Å². The van der Waals surface area contributed by atoms with Gasteiger partial charge in [-0.25, -0.2) is 0 Å². The van der Waals surface area contributed by atoms with Gasteiger partial charge in [0.05, 0.1) is 21.3 Å². The van der Waals surface area contributed by atoms with Crippen molar-refractivity contribution >= 4 is 11.6 Å². The molecule has 1 rings (SSSR count). The number of carbonyl (C=O) groups excluding carboxylic acids is 1. The third-order valence-electron chi connectivity index (χ3n) is 2.74. The second-order valence-electron chi connectivity index (χ2n) is 4.06. The Labute approximate surface area is 113 Å². The van der Waals surface area contributed by atoms with Crippen LogP contribution in [0.3, 0.4) is 0 Å². The highest BCUT2D eigenvalue weighted by atomic mass is 16.5. The van der Waals surface area contributed by atoms with Gasteiger partial charge < -0.3 is 19.5 Å².